The maximum absolute atomic E-state index is 12.8. The number of amides is 1. The van der Waals surface area contributed by atoms with Crippen molar-refractivity contribution in [3.8, 4) is 5.75 Å². The Bertz CT molecular complexity index is 1010. The Morgan fingerprint density at radius 2 is 1.69 bits per heavy atom. The van der Waals surface area contributed by atoms with Gasteiger partial charge in [0.05, 0.1) is 10.5 Å². The molecule has 2 aromatic rings. The molecule has 1 amide bonds. The Morgan fingerprint density at radius 3 is 2.25 bits per heavy atom. The highest BCUT2D eigenvalue weighted by Crippen LogP contribution is 2.38. The van der Waals surface area contributed by atoms with Gasteiger partial charge in [0.25, 0.3) is 5.91 Å². The van der Waals surface area contributed by atoms with Crippen molar-refractivity contribution in [1.82, 2.24) is 4.90 Å². The number of hydrogen-bond acceptors (Lipinski definition) is 5. The molecule has 1 aliphatic heterocycles. The summed E-state index contributed by atoms with van der Waals surface area (Å²) in [5.41, 5.74) is 3.28. The molecule has 6 heteroatoms. The zero-order valence-electron chi connectivity index (χ0n) is 19.1. The molecule has 1 aliphatic rings. The summed E-state index contributed by atoms with van der Waals surface area (Å²) in [6, 6.07) is 13.0. The second-order valence-corrected chi connectivity index (χ2v) is 9.15. The van der Waals surface area contributed by atoms with E-state index >= 15 is 0 Å². The van der Waals surface area contributed by atoms with Crippen LogP contribution in [0.25, 0.3) is 6.08 Å². The largest absolute Gasteiger partial charge is 0.422 e. The molecular formula is C26H29NO4S. The van der Waals surface area contributed by atoms with Gasteiger partial charge < -0.3 is 9.47 Å². The summed E-state index contributed by atoms with van der Waals surface area (Å²) in [4.78, 5) is 27.7. The molecular weight excluding hydrogens is 422 g/mol. The molecule has 5 nitrogen and oxygen atoms in total. The fraction of sp³-hybridized carbons (Fsp3) is 0.308. The van der Waals surface area contributed by atoms with E-state index < -0.39 is 0 Å². The van der Waals surface area contributed by atoms with Crippen LogP contribution in [-0.4, -0.2) is 30.6 Å². The molecule has 0 radical (unpaired) electrons. The number of carbonyl (C=O) groups is 2. The van der Waals surface area contributed by atoms with Gasteiger partial charge in [-0.15, -0.1) is 0 Å². The van der Waals surface area contributed by atoms with Gasteiger partial charge >= 0.3 is 5.97 Å². The summed E-state index contributed by atoms with van der Waals surface area (Å²) in [7, 11) is 1.56. The zero-order chi connectivity index (χ0) is 23.3. The Morgan fingerprint density at radius 1 is 1.06 bits per heavy atom. The lowest BCUT2D eigenvalue weighted by Crippen LogP contribution is -2.29. The summed E-state index contributed by atoms with van der Waals surface area (Å²) in [6.45, 7) is 8.48. The standard InChI is InChI=1S/C26H29NO4S/c1-17(2)21-13-19(15-23-25(28)27(16-30-5)11-12-32-23)14-22(18(3)4)24(21)31-26(29)20-9-7-6-8-10-20/h6-15,17-18H,16H2,1-5H3. The highest BCUT2D eigenvalue weighted by Gasteiger charge is 2.23. The maximum atomic E-state index is 12.8. The first-order valence-corrected chi connectivity index (χ1v) is 11.5. The summed E-state index contributed by atoms with van der Waals surface area (Å²) in [5, 5.41) is 1.87. The van der Waals surface area contributed by atoms with Crippen LogP contribution in [0.5, 0.6) is 5.75 Å². The van der Waals surface area contributed by atoms with Crippen molar-refractivity contribution in [2.24, 2.45) is 0 Å². The van der Waals surface area contributed by atoms with Crippen LogP contribution in [-0.2, 0) is 9.53 Å². The summed E-state index contributed by atoms with van der Waals surface area (Å²) < 4.78 is 11.0. The second kappa shape index (κ2) is 10.7. The predicted molar refractivity (Wildman–Crippen MR) is 129 cm³/mol. The molecule has 32 heavy (non-hydrogen) atoms. The molecule has 1 heterocycles. The van der Waals surface area contributed by atoms with E-state index in [0.717, 1.165) is 16.7 Å². The van der Waals surface area contributed by atoms with Gasteiger partial charge in [-0.3, -0.25) is 9.69 Å². The minimum atomic E-state index is -0.376. The highest BCUT2D eigenvalue weighted by molar-refractivity contribution is 8.06. The number of rotatable bonds is 7. The summed E-state index contributed by atoms with van der Waals surface area (Å²) in [5.74, 6) is 0.387. The van der Waals surface area contributed by atoms with Crippen LogP contribution < -0.4 is 4.74 Å². The van der Waals surface area contributed by atoms with Crippen molar-refractivity contribution in [2.45, 2.75) is 39.5 Å². The van der Waals surface area contributed by atoms with Gasteiger partial charge in [0.15, 0.2) is 0 Å². The zero-order valence-corrected chi connectivity index (χ0v) is 19.9. The van der Waals surface area contributed by atoms with Crippen molar-refractivity contribution in [3.63, 3.8) is 0 Å². The third kappa shape index (κ3) is 5.50. The normalized spacial score (nSPS) is 15.2. The lowest BCUT2D eigenvalue weighted by atomic mass is 9.91. The van der Waals surface area contributed by atoms with Crippen molar-refractivity contribution >= 4 is 29.7 Å². The molecule has 0 aliphatic carbocycles. The second-order valence-electron chi connectivity index (χ2n) is 8.20. The van der Waals surface area contributed by atoms with Gasteiger partial charge in [0, 0.05) is 13.3 Å². The van der Waals surface area contributed by atoms with Gasteiger partial charge in [-0.25, -0.2) is 4.79 Å². The molecule has 0 atom stereocenters. The van der Waals surface area contributed by atoms with Crippen LogP contribution in [0, 0.1) is 0 Å². The molecule has 3 rings (SSSR count). The summed E-state index contributed by atoms with van der Waals surface area (Å²) in [6.07, 6.45) is 3.61. The Balaban J connectivity index is 2.03. The SMILES string of the molecule is COCN1C=CSC(=Cc2cc(C(C)C)c(OC(=O)c3ccccc3)c(C(C)C)c2)C1=O. The predicted octanol–water partition coefficient (Wildman–Crippen LogP) is 6.14. The van der Waals surface area contributed by atoms with Crippen molar-refractivity contribution < 1.29 is 19.1 Å². The summed E-state index contributed by atoms with van der Waals surface area (Å²) >= 11 is 1.38. The van der Waals surface area contributed by atoms with E-state index in [2.05, 4.69) is 27.7 Å². The Labute approximate surface area is 194 Å². The number of hydrogen-bond donors (Lipinski definition) is 0. The molecule has 0 unspecified atom stereocenters. The van der Waals surface area contributed by atoms with E-state index in [1.54, 1.807) is 25.4 Å². The lowest BCUT2D eigenvalue weighted by Gasteiger charge is -2.23. The molecule has 0 bridgehead atoms. The number of thioether (sulfide) groups is 1. The van der Waals surface area contributed by atoms with E-state index in [4.69, 9.17) is 9.47 Å². The minimum Gasteiger partial charge on any atom is -0.422 e. The Hall–Kier alpha value is -2.83. The van der Waals surface area contributed by atoms with E-state index in [1.165, 1.54) is 16.7 Å². The lowest BCUT2D eigenvalue weighted by molar-refractivity contribution is -0.127. The van der Waals surface area contributed by atoms with Gasteiger partial charge in [-0.05, 0) is 64.3 Å². The average molecular weight is 452 g/mol. The first-order chi connectivity index (χ1) is 15.3. The van der Waals surface area contributed by atoms with Gasteiger partial charge in [-0.1, -0.05) is 57.7 Å². The molecule has 0 fully saturated rings. The fourth-order valence-corrected chi connectivity index (χ4v) is 4.18. The van der Waals surface area contributed by atoms with Crippen LogP contribution in [0.2, 0.25) is 0 Å². The third-order valence-electron chi connectivity index (χ3n) is 5.09. The van der Waals surface area contributed by atoms with E-state index in [-0.39, 0.29) is 30.4 Å². The number of esters is 1. The van der Waals surface area contributed by atoms with E-state index in [1.807, 2.05) is 41.8 Å². The third-order valence-corrected chi connectivity index (χ3v) is 5.89. The smallest absolute Gasteiger partial charge is 0.343 e. The molecule has 0 spiro atoms. The van der Waals surface area contributed by atoms with Crippen molar-refractivity contribution in [1.29, 1.82) is 0 Å². The quantitative estimate of drug-likeness (QED) is 0.287. The highest BCUT2D eigenvalue weighted by atomic mass is 32.2. The van der Waals surface area contributed by atoms with Crippen LogP contribution in [0.1, 0.15) is 66.6 Å². The topological polar surface area (TPSA) is 55.8 Å². The maximum Gasteiger partial charge on any atom is 0.343 e. The van der Waals surface area contributed by atoms with Crippen molar-refractivity contribution in [3.05, 3.63) is 81.2 Å². The van der Waals surface area contributed by atoms with Crippen LogP contribution in [0.15, 0.2) is 59.0 Å². The molecule has 0 N–H and O–H groups in total. The van der Waals surface area contributed by atoms with E-state index in [9.17, 15) is 9.59 Å². The van der Waals surface area contributed by atoms with Gasteiger partial charge in [0.1, 0.15) is 12.5 Å². The first kappa shape index (κ1) is 23.8. The molecule has 0 saturated carbocycles. The van der Waals surface area contributed by atoms with Crippen LogP contribution in [0.3, 0.4) is 0 Å². The monoisotopic (exact) mass is 451 g/mol. The number of benzene rings is 2. The molecule has 0 saturated heterocycles. The van der Waals surface area contributed by atoms with Gasteiger partial charge in [0.2, 0.25) is 0 Å². The number of methoxy groups -OCH3 is 1. The van der Waals surface area contributed by atoms with Gasteiger partial charge in [-0.2, -0.15) is 0 Å². The van der Waals surface area contributed by atoms with Crippen LogP contribution in [0.4, 0.5) is 0 Å². The number of carbonyl (C=O) groups excluding carboxylic acids is 2. The minimum absolute atomic E-state index is 0.101. The Kier molecular flexibility index (Phi) is 7.94. The number of ether oxygens (including phenoxy) is 2. The molecule has 2 aromatic carbocycles. The fourth-order valence-electron chi connectivity index (χ4n) is 3.41. The first-order valence-electron chi connectivity index (χ1n) is 10.6. The van der Waals surface area contributed by atoms with Crippen LogP contribution >= 0.6 is 11.8 Å². The molecule has 168 valence electrons. The van der Waals surface area contributed by atoms with Crippen molar-refractivity contribution in [2.75, 3.05) is 13.8 Å². The molecule has 0 aromatic heterocycles. The van der Waals surface area contributed by atoms with E-state index in [0.29, 0.717) is 16.2 Å². The average Bonchev–Trinajstić information content (AvgIpc) is 2.77. The number of nitrogens with zero attached hydrogens (tertiary/aromatic N) is 1.